The van der Waals surface area contributed by atoms with Gasteiger partial charge in [-0.2, -0.15) is 0 Å². The Kier molecular flexibility index (Phi) is 4.22. The number of amides is 1. The van der Waals surface area contributed by atoms with Crippen LogP contribution in [0.2, 0.25) is 0 Å². The lowest BCUT2D eigenvalue weighted by Gasteiger charge is -2.23. The van der Waals surface area contributed by atoms with Crippen LogP contribution in [-0.4, -0.2) is 25.2 Å². The van der Waals surface area contributed by atoms with Crippen LogP contribution in [-0.2, 0) is 24.3 Å². The zero-order valence-corrected chi connectivity index (χ0v) is 15.6. The van der Waals surface area contributed by atoms with Crippen molar-refractivity contribution < 1.29 is 14.3 Å². The molecule has 1 atom stereocenters. The van der Waals surface area contributed by atoms with E-state index in [1.54, 1.807) is 0 Å². The molecule has 5 nitrogen and oxygen atoms in total. The van der Waals surface area contributed by atoms with Gasteiger partial charge in [-0.1, -0.05) is 24.3 Å². The molecule has 1 amide bonds. The number of thiophene rings is 1. The Bertz CT molecular complexity index is 1010. The van der Waals surface area contributed by atoms with Gasteiger partial charge in [0.15, 0.2) is 11.5 Å². The van der Waals surface area contributed by atoms with Crippen LogP contribution < -0.4 is 20.1 Å². The van der Waals surface area contributed by atoms with E-state index in [9.17, 15) is 4.79 Å². The third-order valence-electron chi connectivity index (χ3n) is 5.09. The highest BCUT2D eigenvalue weighted by Crippen LogP contribution is 2.34. The van der Waals surface area contributed by atoms with E-state index in [1.165, 1.54) is 20.5 Å². The van der Waals surface area contributed by atoms with Crippen LogP contribution in [0.15, 0.2) is 42.5 Å². The third-order valence-corrected chi connectivity index (χ3v) is 6.30. The van der Waals surface area contributed by atoms with E-state index in [0.29, 0.717) is 19.8 Å². The maximum atomic E-state index is 12.7. The molecule has 27 heavy (non-hydrogen) atoms. The lowest BCUT2D eigenvalue weighted by Crippen LogP contribution is -2.47. The average molecular weight is 380 g/mol. The van der Waals surface area contributed by atoms with Crippen LogP contribution in [0.5, 0.6) is 11.5 Å². The van der Waals surface area contributed by atoms with Crippen LogP contribution in [0.1, 0.15) is 16.0 Å². The van der Waals surface area contributed by atoms with Crippen molar-refractivity contribution in [1.29, 1.82) is 0 Å². The van der Waals surface area contributed by atoms with Gasteiger partial charge in [0.05, 0.1) is 6.04 Å². The molecule has 0 aliphatic carbocycles. The smallest absolute Gasteiger partial charge is 0.237 e. The van der Waals surface area contributed by atoms with Gasteiger partial charge in [-0.25, -0.2) is 0 Å². The second-order valence-corrected chi connectivity index (χ2v) is 7.97. The van der Waals surface area contributed by atoms with Crippen LogP contribution in [0.3, 0.4) is 0 Å². The predicted octanol–water partition coefficient (Wildman–Crippen LogP) is 3.00. The molecule has 0 saturated carbocycles. The van der Waals surface area contributed by atoms with E-state index >= 15 is 0 Å². The summed E-state index contributed by atoms with van der Waals surface area (Å²) in [6, 6.07) is 14.0. The molecule has 2 N–H and O–H groups in total. The van der Waals surface area contributed by atoms with Gasteiger partial charge >= 0.3 is 0 Å². The average Bonchev–Trinajstić information content (AvgIpc) is 3.09. The Hall–Kier alpha value is -2.57. The summed E-state index contributed by atoms with van der Waals surface area (Å²) in [6.45, 7) is 2.36. The highest BCUT2D eigenvalue weighted by molar-refractivity contribution is 7.19. The second kappa shape index (κ2) is 6.87. The molecule has 2 aliphatic rings. The van der Waals surface area contributed by atoms with E-state index in [0.717, 1.165) is 30.0 Å². The SMILES string of the molecule is O=C(NCc1ccc2c(c1)OCCO2)[C@H]1Cc2c(sc3ccccc23)CN1. The number of benzene rings is 2. The van der Waals surface area contributed by atoms with Gasteiger partial charge in [0, 0.05) is 22.7 Å². The fourth-order valence-corrected chi connectivity index (χ4v) is 4.89. The highest BCUT2D eigenvalue weighted by atomic mass is 32.1. The topological polar surface area (TPSA) is 59.6 Å². The summed E-state index contributed by atoms with van der Waals surface area (Å²) in [5, 5.41) is 7.71. The molecule has 2 aliphatic heterocycles. The Balaban J connectivity index is 1.27. The van der Waals surface area contributed by atoms with E-state index in [4.69, 9.17) is 9.47 Å². The third kappa shape index (κ3) is 3.15. The lowest BCUT2D eigenvalue weighted by atomic mass is 9.98. The standard InChI is InChI=1S/C21H20N2O3S/c24-21(23-11-13-5-6-17-18(9-13)26-8-7-25-17)16-10-15-14-3-1-2-4-19(14)27-20(15)12-22-16/h1-6,9,16,22H,7-8,10-12H2,(H,23,24)/t16-/m1/s1. The first-order valence-electron chi connectivity index (χ1n) is 9.17. The van der Waals surface area contributed by atoms with Crippen molar-refractivity contribution in [2.75, 3.05) is 13.2 Å². The Labute approximate surface area is 161 Å². The Morgan fingerprint density at radius 1 is 1.15 bits per heavy atom. The molecular weight excluding hydrogens is 360 g/mol. The number of carbonyl (C=O) groups is 1. The fourth-order valence-electron chi connectivity index (χ4n) is 3.70. The van der Waals surface area contributed by atoms with Gasteiger partial charge < -0.3 is 20.1 Å². The first kappa shape index (κ1) is 16.6. The molecule has 0 saturated heterocycles. The molecule has 2 aromatic carbocycles. The summed E-state index contributed by atoms with van der Waals surface area (Å²) in [6.07, 6.45) is 0.728. The first-order chi connectivity index (χ1) is 13.3. The first-order valence-corrected chi connectivity index (χ1v) is 9.98. The van der Waals surface area contributed by atoms with Gasteiger partial charge in [-0.15, -0.1) is 11.3 Å². The van der Waals surface area contributed by atoms with Crippen LogP contribution >= 0.6 is 11.3 Å². The molecule has 6 heteroatoms. The van der Waals surface area contributed by atoms with Crippen LogP contribution in [0.4, 0.5) is 0 Å². The summed E-state index contributed by atoms with van der Waals surface area (Å²) in [4.78, 5) is 14.0. The molecule has 0 fully saturated rings. The molecule has 138 valence electrons. The summed E-state index contributed by atoms with van der Waals surface area (Å²) in [5.74, 6) is 1.55. The van der Waals surface area contributed by atoms with Crippen molar-refractivity contribution in [3.63, 3.8) is 0 Å². The molecule has 5 rings (SSSR count). The minimum absolute atomic E-state index is 0.0332. The largest absolute Gasteiger partial charge is 0.486 e. The minimum atomic E-state index is -0.201. The number of nitrogens with one attached hydrogen (secondary N) is 2. The van der Waals surface area contributed by atoms with E-state index < -0.39 is 0 Å². The monoisotopic (exact) mass is 380 g/mol. The van der Waals surface area contributed by atoms with Crippen molar-refractivity contribution in [1.82, 2.24) is 10.6 Å². The quantitative estimate of drug-likeness (QED) is 0.733. The molecule has 0 unspecified atom stereocenters. The number of hydrogen-bond acceptors (Lipinski definition) is 5. The predicted molar refractivity (Wildman–Crippen MR) is 105 cm³/mol. The number of fused-ring (bicyclic) bond motifs is 4. The van der Waals surface area contributed by atoms with E-state index in [2.05, 4.69) is 34.9 Å². The summed E-state index contributed by atoms with van der Waals surface area (Å²) >= 11 is 1.82. The van der Waals surface area contributed by atoms with Gasteiger partial charge in [-0.3, -0.25) is 4.79 Å². The van der Waals surface area contributed by atoms with Gasteiger partial charge in [0.2, 0.25) is 5.91 Å². The maximum absolute atomic E-state index is 12.7. The van der Waals surface area contributed by atoms with Crippen molar-refractivity contribution in [2.24, 2.45) is 0 Å². The van der Waals surface area contributed by atoms with Gasteiger partial charge in [0.1, 0.15) is 13.2 Å². The molecule has 0 bridgehead atoms. The number of hydrogen-bond donors (Lipinski definition) is 2. The molecule has 3 heterocycles. The number of ether oxygens (including phenoxy) is 2. The van der Waals surface area contributed by atoms with Crippen LogP contribution in [0.25, 0.3) is 10.1 Å². The minimum Gasteiger partial charge on any atom is -0.486 e. The normalized spacial score (nSPS) is 18.1. The van der Waals surface area contributed by atoms with E-state index in [1.807, 2.05) is 29.5 Å². The zero-order chi connectivity index (χ0) is 18.2. The van der Waals surface area contributed by atoms with Gasteiger partial charge in [0.25, 0.3) is 0 Å². The van der Waals surface area contributed by atoms with Crippen molar-refractivity contribution >= 4 is 27.3 Å². The lowest BCUT2D eigenvalue weighted by molar-refractivity contribution is -0.123. The highest BCUT2D eigenvalue weighted by Gasteiger charge is 2.27. The molecule has 0 radical (unpaired) electrons. The van der Waals surface area contributed by atoms with Crippen molar-refractivity contribution in [3.05, 3.63) is 58.5 Å². The van der Waals surface area contributed by atoms with Gasteiger partial charge in [-0.05, 0) is 41.1 Å². The molecule has 3 aromatic rings. The second-order valence-electron chi connectivity index (χ2n) is 6.83. The number of carbonyl (C=O) groups excluding carboxylic acids is 1. The Morgan fingerprint density at radius 3 is 2.93 bits per heavy atom. The molecular formula is C21H20N2O3S. The summed E-state index contributed by atoms with van der Waals surface area (Å²) in [5.41, 5.74) is 2.32. The summed E-state index contributed by atoms with van der Waals surface area (Å²) in [7, 11) is 0. The molecule has 0 spiro atoms. The van der Waals surface area contributed by atoms with E-state index in [-0.39, 0.29) is 11.9 Å². The Morgan fingerprint density at radius 2 is 2.00 bits per heavy atom. The maximum Gasteiger partial charge on any atom is 0.237 e. The zero-order valence-electron chi connectivity index (χ0n) is 14.8. The van der Waals surface area contributed by atoms with Crippen molar-refractivity contribution in [2.45, 2.75) is 25.6 Å². The summed E-state index contributed by atoms with van der Waals surface area (Å²) < 4.78 is 12.4. The number of rotatable bonds is 3. The van der Waals surface area contributed by atoms with Crippen molar-refractivity contribution in [3.8, 4) is 11.5 Å². The fraction of sp³-hybridized carbons (Fsp3) is 0.286. The molecule has 1 aromatic heterocycles. The van der Waals surface area contributed by atoms with Crippen LogP contribution in [0, 0.1) is 0 Å².